The largest absolute Gasteiger partial charge is 0.338 e. The van der Waals surface area contributed by atoms with Gasteiger partial charge in [-0.25, -0.2) is 0 Å². The summed E-state index contributed by atoms with van der Waals surface area (Å²) in [6.45, 7) is 4.22. The molecule has 0 saturated carbocycles. The van der Waals surface area contributed by atoms with Gasteiger partial charge in [-0.2, -0.15) is 4.98 Å². The number of aromatic nitrogens is 3. The summed E-state index contributed by atoms with van der Waals surface area (Å²) in [5.41, 5.74) is 0.941. The van der Waals surface area contributed by atoms with Crippen molar-refractivity contribution in [2.24, 2.45) is 0 Å². The van der Waals surface area contributed by atoms with E-state index >= 15 is 0 Å². The van der Waals surface area contributed by atoms with E-state index in [0.717, 1.165) is 43.8 Å². The minimum atomic E-state index is 0.0404. The van der Waals surface area contributed by atoms with Crippen LogP contribution in [0.2, 0.25) is 0 Å². The Bertz CT molecular complexity index is 531. The van der Waals surface area contributed by atoms with Gasteiger partial charge < -0.3 is 9.84 Å². The molecule has 0 atom stereocenters. The lowest BCUT2D eigenvalue weighted by atomic mass is 9.76. The summed E-state index contributed by atoms with van der Waals surface area (Å²) in [5.74, 6) is 1.41. The van der Waals surface area contributed by atoms with Gasteiger partial charge in [0.1, 0.15) is 0 Å². The fourth-order valence-electron chi connectivity index (χ4n) is 2.68. The highest BCUT2D eigenvalue weighted by Gasteiger charge is 2.37. The maximum Gasteiger partial charge on any atom is 0.233 e. The van der Waals surface area contributed by atoms with Gasteiger partial charge in [-0.1, -0.05) is 12.1 Å². The highest BCUT2D eigenvalue weighted by atomic mass is 16.5. The van der Waals surface area contributed by atoms with E-state index in [-0.39, 0.29) is 5.41 Å². The Balaban J connectivity index is 1.92. The molecule has 1 aliphatic rings. The van der Waals surface area contributed by atoms with Crippen LogP contribution in [0.3, 0.4) is 0 Å². The van der Waals surface area contributed by atoms with Crippen molar-refractivity contribution < 1.29 is 4.52 Å². The van der Waals surface area contributed by atoms with Crippen LogP contribution in [0.25, 0.3) is 11.4 Å². The molecule has 5 nitrogen and oxygen atoms in total. The Morgan fingerprint density at radius 1 is 1.37 bits per heavy atom. The molecule has 1 aliphatic heterocycles. The summed E-state index contributed by atoms with van der Waals surface area (Å²) in [6.07, 6.45) is 6.64. The summed E-state index contributed by atoms with van der Waals surface area (Å²) in [4.78, 5) is 8.69. The van der Waals surface area contributed by atoms with E-state index in [0.29, 0.717) is 5.82 Å². The average molecular weight is 258 g/mol. The fraction of sp³-hybridized carbons (Fsp3) is 0.500. The lowest BCUT2D eigenvalue weighted by molar-refractivity contribution is 0.216. The molecular formula is C14H18N4O. The first-order valence-electron chi connectivity index (χ1n) is 6.79. The Kier molecular flexibility index (Phi) is 3.29. The summed E-state index contributed by atoms with van der Waals surface area (Å²) in [6, 6.07) is 3.83. The molecule has 2 aromatic heterocycles. The molecule has 0 bridgehead atoms. The molecule has 3 heterocycles. The predicted octanol–water partition coefficient (Wildman–Crippen LogP) is 2.16. The maximum atomic E-state index is 5.54. The molecule has 5 heteroatoms. The smallest absolute Gasteiger partial charge is 0.233 e. The van der Waals surface area contributed by atoms with Crippen LogP contribution in [0.1, 0.15) is 32.1 Å². The zero-order chi connectivity index (χ0) is 13.1. The van der Waals surface area contributed by atoms with Crippen molar-refractivity contribution in [3.05, 3.63) is 30.4 Å². The quantitative estimate of drug-likeness (QED) is 0.914. The SMILES string of the molecule is CCC1(c2nc(-c3cccnc3)no2)CCNCC1. The van der Waals surface area contributed by atoms with Gasteiger partial charge in [0.25, 0.3) is 0 Å². The molecule has 0 aliphatic carbocycles. The standard InChI is InChI=1S/C14H18N4O/c1-2-14(5-8-15-9-6-14)13-17-12(18-19-13)11-4-3-7-16-10-11/h3-4,7,10,15H,2,5-6,8-9H2,1H3. The van der Waals surface area contributed by atoms with Gasteiger partial charge in [-0.05, 0) is 44.5 Å². The van der Waals surface area contributed by atoms with E-state index in [1.807, 2.05) is 12.1 Å². The number of nitrogens with zero attached hydrogens (tertiary/aromatic N) is 3. The first-order valence-corrected chi connectivity index (χ1v) is 6.79. The molecule has 0 amide bonds. The van der Waals surface area contributed by atoms with Crippen molar-refractivity contribution in [3.63, 3.8) is 0 Å². The van der Waals surface area contributed by atoms with Crippen molar-refractivity contribution in [2.45, 2.75) is 31.6 Å². The molecule has 0 spiro atoms. The molecule has 2 aromatic rings. The van der Waals surface area contributed by atoms with Crippen molar-refractivity contribution in [2.75, 3.05) is 13.1 Å². The van der Waals surface area contributed by atoms with Crippen LogP contribution in [-0.2, 0) is 5.41 Å². The van der Waals surface area contributed by atoms with E-state index < -0.39 is 0 Å². The second-order valence-corrected chi connectivity index (χ2v) is 5.05. The van der Waals surface area contributed by atoms with E-state index in [2.05, 4.69) is 27.4 Å². The van der Waals surface area contributed by atoms with E-state index in [1.165, 1.54) is 0 Å². The maximum absolute atomic E-state index is 5.54. The van der Waals surface area contributed by atoms with Crippen molar-refractivity contribution >= 4 is 0 Å². The van der Waals surface area contributed by atoms with Gasteiger partial charge >= 0.3 is 0 Å². The Morgan fingerprint density at radius 2 is 2.21 bits per heavy atom. The molecular weight excluding hydrogens is 240 g/mol. The van der Waals surface area contributed by atoms with Crippen LogP contribution in [0.4, 0.5) is 0 Å². The van der Waals surface area contributed by atoms with Crippen LogP contribution in [0.15, 0.2) is 29.0 Å². The number of rotatable bonds is 3. The lowest BCUT2D eigenvalue weighted by Gasteiger charge is -2.33. The second-order valence-electron chi connectivity index (χ2n) is 5.05. The molecule has 100 valence electrons. The average Bonchev–Trinajstić information content (AvgIpc) is 2.99. The highest BCUT2D eigenvalue weighted by Crippen LogP contribution is 2.36. The molecule has 1 fully saturated rings. The van der Waals surface area contributed by atoms with Crippen LogP contribution in [-0.4, -0.2) is 28.2 Å². The van der Waals surface area contributed by atoms with E-state index in [4.69, 9.17) is 4.52 Å². The zero-order valence-corrected chi connectivity index (χ0v) is 11.1. The van der Waals surface area contributed by atoms with Crippen molar-refractivity contribution in [1.29, 1.82) is 0 Å². The Hall–Kier alpha value is -1.75. The third kappa shape index (κ3) is 2.26. The van der Waals surface area contributed by atoms with Crippen molar-refractivity contribution in [3.8, 4) is 11.4 Å². The normalized spacial score (nSPS) is 18.4. The summed E-state index contributed by atoms with van der Waals surface area (Å²) >= 11 is 0. The Labute approximate surface area is 112 Å². The number of piperidine rings is 1. The summed E-state index contributed by atoms with van der Waals surface area (Å²) in [5, 5.41) is 7.49. The molecule has 1 saturated heterocycles. The first kappa shape index (κ1) is 12.3. The zero-order valence-electron chi connectivity index (χ0n) is 11.1. The number of hydrogen-bond donors (Lipinski definition) is 1. The van der Waals surface area contributed by atoms with E-state index in [1.54, 1.807) is 12.4 Å². The molecule has 19 heavy (non-hydrogen) atoms. The molecule has 0 radical (unpaired) electrons. The predicted molar refractivity (Wildman–Crippen MR) is 71.6 cm³/mol. The number of nitrogens with one attached hydrogen (secondary N) is 1. The molecule has 3 rings (SSSR count). The third-order valence-electron chi connectivity index (χ3n) is 4.04. The summed E-state index contributed by atoms with van der Waals surface area (Å²) < 4.78 is 5.54. The molecule has 0 aromatic carbocycles. The van der Waals surface area contributed by atoms with Crippen LogP contribution >= 0.6 is 0 Å². The number of pyridine rings is 1. The van der Waals surface area contributed by atoms with Gasteiger partial charge in [0.15, 0.2) is 0 Å². The van der Waals surface area contributed by atoms with Gasteiger partial charge in [-0.3, -0.25) is 4.98 Å². The Morgan fingerprint density at radius 3 is 2.89 bits per heavy atom. The van der Waals surface area contributed by atoms with Gasteiger partial charge in [0, 0.05) is 18.0 Å². The summed E-state index contributed by atoms with van der Waals surface area (Å²) in [7, 11) is 0. The topological polar surface area (TPSA) is 63.8 Å². The number of hydrogen-bond acceptors (Lipinski definition) is 5. The molecule has 1 N–H and O–H groups in total. The van der Waals surface area contributed by atoms with Gasteiger partial charge in [0.05, 0.1) is 5.41 Å². The fourth-order valence-corrected chi connectivity index (χ4v) is 2.68. The molecule has 0 unspecified atom stereocenters. The van der Waals surface area contributed by atoms with Crippen LogP contribution < -0.4 is 5.32 Å². The van der Waals surface area contributed by atoms with Crippen LogP contribution in [0.5, 0.6) is 0 Å². The van der Waals surface area contributed by atoms with E-state index in [9.17, 15) is 0 Å². The lowest BCUT2D eigenvalue weighted by Crippen LogP contribution is -2.39. The highest BCUT2D eigenvalue weighted by molar-refractivity contribution is 5.52. The minimum Gasteiger partial charge on any atom is -0.338 e. The third-order valence-corrected chi connectivity index (χ3v) is 4.04. The monoisotopic (exact) mass is 258 g/mol. The first-order chi connectivity index (χ1) is 9.34. The minimum absolute atomic E-state index is 0.0404. The van der Waals surface area contributed by atoms with Gasteiger partial charge in [-0.15, -0.1) is 0 Å². The second kappa shape index (κ2) is 5.09. The van der Waals surface area contributed by atoms with Crippen molar-refractivity contribution in [1.82, 2.24) is 20.4 Å². The van der Waals surface area contributed by atoms with Gasteiger partial charge in [0.2, 0.25) is 11.7 Å². The van der Waals surface area contributed by atoms with Crippen LogP contribution in [0, 0.1) is 0 Å².